The zero-order valence-corrected chi connectivity index (χ0v) is 18.1. The van der Waals surface area contributed by atoms with Gasteiger partial charge in [-0.3, -0.25) is 9.59 Å². The van der Waals surface area contributed by atoms with Gasteiger partial charge in [0, 0.05) is 42.9 Å². The number of para-hydroxylation sites is 2. The van der Waals surface area contributed by atoms with Crippen LogP contribution in [0.15, 0.2) is 42.5 Å². The van der Waals surface area contributed by atoms with Crippen LogP contribution in [-0.4, -0.2) is 57.2 Å². The molecule has 1 fully saturated rings. The second-order valence-corrected chi connectivity index (χ2v) is 7.16. The Morgan fingerprint density at radius 3 is 2.19 bits per heavy atom. The van der Waals surface area contributed by atoms with E-state index in [1.165, 1.54) is 0 Å². The minimum atomic E-state index is -0.195. The quantitative estimate of drug-likeness (QED) is 0.592. The van der Waals surface area contributed by atoms with Gasteiger partial charge in [0.2, 0.25) is 5.91 Å². The van der Waals surface area contributed by atoms with Gasteiger partial charge in [0.05, 0.1) is 21.3 Å². The number of amides is 2. The molecule has 2 amide bonds. The number of nitrogens with one attached hydrogen (secondary N) is 1. The van der Waals surface area contributed by atoms with Gasteiger partial charge in [-0.2, -0.15) is 0 Å². The molecule has 0 radical (unpaired) electrons. The van der Waals surface area contributed by atoms with Gasteiger partial charge in [-0.05, 0) is 25.0 Å². The molecule has 0 aromatic heterocycles. The number of carbonyl (C=O) groups is 2. The zero-order valence-electron chi connectivity index (χ0n) is 18.1. The Hall–Kier alpha value is -3.42. The summed E-state index contributed by atoms with van der Waals surface area (Å²) >= 11 is 0. The first-order valence-electron chi connectivity index (χ1n) is 10.1. The Morgan fingerprint density at radius 1 is 0.968 bits per heavy atom. The lowest BCUT2D eigenvalue weighted by atomic mass is 10.2. The van der Waals surface area contributed by atoms with Gasteiger partial charge in [-0.25, -0.2) is 0 Å². The molecule has 8 heteroatoms. The van der Waals surface area contributed by atoms with Gasteiger partial charge in [-0.1, -0.05) is 12.1 Å². The van der Waals surface area contributed by atoms with Crippen molar-refractivity contribution in [2.45, 2.75) is 25.3 Å². The van der Waals surface area contributed by atoms with Gasteiger partial charge < -0.3 is 29.2 Å². The smallest absolute Gasteiger partial charge is 0.260 e. The molecule has 1 aliphatic rings. The minimum Gasteiger partial charge on any atom is -0.497 e. The van der Waals surface area contributed by atoms with Crippen LogP contribution in [0.1, 0.15) is 19.3 Å². The molecule has 1 N–H and O–H groups in total. The van der Waals surface area contributed by atoms with Crippen LogP contribution in [0, 0.1) is 0 Å². The predicted molar refractivity (Wildman–Crippen MR) is 116 cm³/mol. The second kappa shape index (κ2) is 10.6. The molecular weight excluding hydrogens is 400 g/mol. The largest absolute Gasteiger partial charge is 0.497 e. The lowest BCUT2D eigenvalue weighted by Crippen LogP contribution is -2.38. The van der Waals surface area contributed by atoms with Crippen molar-refractivity contribution in [1.29, 1.82) is 0 Å². The van der Waals surface area contributed by atoms with Gasteiger partial charge in [0.1, 0.15) is 11.5 Å². The first-order chi connectivity index (χ1) is 15.0. The number of hydrogen-bond donors (Lipinski definition) is 1. The van der Waals surface area contributed by atoms with E-state index in [1.54, 1.807) is 56.6 Å². The molecular formula is C23H28N2O6. The topological polar surface area (TPSA) is 86.3 Å². The van der Waals surface area contributed by atoms with Crippen molar-refractivity contribution in [2.24, 2.45) is 0 Å². The highest BCUT2D eigenvalue weighted by molar-refractivity contribution is 5.91. The number of hydrogen-bond acceptors (Lipinski definition) is 6. The molecule has 2 aromatic rings. The molecule has 1 saturated carbocycles. The third-order valence-electron chi connectivity index (χ3n) is 4.94. The van der Waals surface area contributed by atoms with E-state index in [-0.39, 0.29) is 30.9 Å². The normalized spacial score (nSPS) is 12.6. The molecule has 2 aromatic carbocycles. The highest BCUT2D eigenvalue weighted by Crippen LogP contribution is 2.29. The average molecular weight is 428 g/mol. The Labute approximate surface area is 182 Å². The minimum absolute atomic E-state index is 0.106. The molecule has 1 aliphatic carbocycles. The third-order valence-corrected chi connectivity index (χ3v) is 4.94. The van der Waals surface area contributed by atoms with E-state index in [0.717, 1.165) is 12.8 Å². The molecule has 0 saturated heterocycles. The summed E-state index contributed by atoms with van der Waals surface area (Å²) in [6, 6.07) is 12.5. The maximum atomic E-state index is 12.7. The SMILES string of the molecule is COc1cc(NC(=O)CCN(C(=O)COc2ccccc2OC)C2CC2)cc(OC)c1. The number of anilines is 1. The summed E-state index contributed by atoms with van der Waals surface area (Å²) in [5.74, 6) is 1.90. The fourth-order valence-corrected chi connectivity index (χ4v) is 3.18. The molecule has 0 bridgehead atoms. The highest BCUT2D eigenvalue weighted by atomic mass is 16.5. The van der Waals surface area contributed by atoms with E-state index in [1.807, 2.05) is 12.1 Å². The van der Waals surface area contributed by atoms with Crippen LogP contribution >= 0.6 is 0 Å². The maximum Gasteiger partial charge on any atom is 0.260 e. The van der Waals surface area contributed by atoms with Crippen molar-refractivity contribution in [2.75, 3.05) is 39.8 Å². The molecule has 31 heavy (non-hydrogen) atoms. The summed E-state index contributed by atoms with van der Waals surface area (Å²) in [6.45, 7) is 0.220. The van der Waals surface area contributed by atoms with Crippen LogP contribution in [0.2, 0.25) is 0 Å². The van der Waals surface area contributed by atoms with Gasteiger partial charge in [0.25, 0.3) is 5.91 Å². The summed E-state index contributed by atoms with van der Waals surface area (Å²) in [5, 5.41) is 2.83. The van der Waals surface area contributed by atoms with Gasteiger partial charge >= 0.3 is 0 Å². The highest BCUT2D eigenvalue weighted by Gasteiger charge is 2.32. The van der Waals surface area contributed by atoms with Crippen LogP contribution in [0.5, 0.6) is 23.0 Å². The fourth-order valence-electron chi connectivity index (χ4n) is 3.18. The Balaban J connectivity index is 1.54. The van der Waals surface area contributed by atoms with Gasteiger partial charge in [-0.15, -0.1) is 0 Å². The first kappa shape index (κ1) is 22.3. The zero-order chi connectivity index (χ0) is 22.2. The van der Waals surface area contributed by atoms with Crippen molar-refractivity contribution in [3.05, 3.63) is 42.5 Å². The van der Waals surface area contributed by atoms with Gasteiger partial charge in [0.15, 0.2) is 18.1 Å². The summed E-state index contributed by atoms with van der Waals surface area (Å²) in [4.78, 5) is 26.9. The molecule has 3 rings (SSSR count). The average Bonchev–Trinajstić information content (AvgIpc) is 3.62. The summed E-state index contributed by atoms with van der Waals surface area (Å²) in [5.41, 5.74) is 0.574. The Morgan fingerprint density at radius 2 is 1.61 bits per heavy atom. The fraction of sp³-hybridized carbons (Fsp3) is 0.391. The maximum absolute atomic E-state index is 12.7. The van der Waals surface area contributed by atoms with E-state index in [4.69, 9.17) is 18.9 Å². The standard InChI is InChI=1S/C23H28N2O6/c1-28-18-12-16(13-19(14-18)29-2)24-22(26)10-11-25(17-8-9-17)23(27)15-31-21-7-5-4-6-20(21)30-3/h4-7,12-14,17H,8-11,15H2,1-3H3,(H,24,26). The Kier molecular flexibility index (Phi) is 7.59. The van der Waals surface area contributed by atoms with Crippen LogP contribution in [0.25, 0.3) is 0 Å². The molecule has 0 atom stereocenters. The van der Waals surface area contributed by atoms with Crippen molar-refractivity contribution < 1.29 is 28.5 Å². The number of ether oxygens (including phenoxy) is 4. The summed E-state index contributed by atoms with van der Waals surface area (Å²) in [7, 11) is 4.65. The summed E-state index contributed by atoms with van der Waals surface area (Å²) < 4.78 is 21.3. The van der Waals surface area contributed by atoms with Crippen LogP contribution < -0.4 is 24.3 Å². The van der Waals surface area contributed by atoms with E-state index < -0.39 is 0 Å². The molecule has 166 valence electrons. The molecule has 0 spiro atoms. The van der Waals surface area contributed by atoms with Crippen LogP contribution in [0.3, 0.4) is 0 Å². The lowest BCUT2D eigenvalue weighted by Gasteiger charge is -2.22. The van der Waals surface area contributed by atoms with Crippen LogP contribution in [-0.2, 0) is 9.59 Å². The number of nitrogens with zero attached hydrogens (tertiary/aromatic N) is 1. The van der Waals surface area contributed by atoms with Crippen LogP contribution in [0.4, 0.5) is 5.69 Å². The number of rotatable bonds is 11. The van der Waals surface area contributed by atoms with E-state index in [2.05, 4.69) is 5.32 Å². The van der Waals surface area contributed by atoms with E-state index in [0.29, 0.717) is 35.2 Å². The van der Waals surface area contributed by atoms with E-state index in [9.17, 15) is 9.59 Å². The Bertz CT molecular complexity index is 890. The van der Waals surface area contributed by atoms with Crippen molar-refractivity contribution in [3.63, 3.8) is 0 Å². The van der Waals surface area contributed by atoms with E-state index >= 15 is 0 Å². The molecule has 0 unspecified atom stereocenters. The third kappa shape index (κ3) is 6.28. The molecule has 8 nitrogen and oxygen atoms in total. The van der Waals surface area contributed by atoms with Crippen molar-refractivity contribution >= 4 is 17.5 Å². The number of methoxy groups -OCH3 is 3. The molecule has 0 heterocycles. The predicted octanol–water partition coefficient (Wildman–Crippen LogP) is 3.11. The monoisotopic (exact) mass is 428 g/mol. The molecule has 0 aliphatic heterocycles. The number of benzene rings is 2. The lowest BCUT2D eigenvalue weighted by molar-refractivity contribution is -0.134. The van der Waals surface area contributed by atoms with Crippen molar-refractivity contribution in [3.8, 4) is 23.0 Å². The second-order valence-electron chi connectivity index (χ2n) is 7.16. The summed E-state index contributed by atoms with van der Waals surface area (Å²) in [6.07, 6.45) is 2.06. The first-order valence-corrected chi connectivity index (χ1v) is 10.1. The number of carbonyl (C=O) groups excluding carboxylic acids is 2. The van der Waals surface area contributed by atoms with Crippen molar-refractivity contribution in [1.82, 2.24) is 4.90 Å².